The van der Waals surface area contributed by atoms with Crippen LogP contribution >= 0.6 is 11.6 Å². The molecular weight excluding hydrogens is 315 g/mol. The summed E-state index contributed by atoms with van der Waals surface area (Å²) < 4.78 is 40.7. The van der Waals surface area contributed by atoms with Gasteiger partial charge in [0.25, 0.3) is 10.0 Å². The monoisotopic (exact) mass is 326 g/mol. The molecule has 3 rings (SSSR count). The van der Waals surface area contributed by atoms with Gasteiger partial charge in [-0.05, 0) is 42.3 Å². The van der Waals surface area contributed by atoms with Crippen LogP contribution in [0.25, 0.3) is 0 Å². The lowest BCUT2D eigenvalue weighted by Crippen LogP contribution is -2.14. The molecule has 0 aliphatic carbocycles. The van der Waals surface area contributed by atoms with Gasteiger partial charge in [-0.2, -0.15) is 0 Å². The highest BCUT2D eigenvalue weighted by Crippen LogP contribution is 2.28. The maximum atomic E-state index is 13.8. The summed E-state index contributed by atoms with van der Waals surface area (Å²) in [7, 11) is -3.85. The molecule has 0 amide bonds. The van der Waals surface area contributed by atoms with Gasteiger partial charge in [0.05, 0.1) is 15.6 Å². The van der Waals surface area contributed by atoms with E-state index in [1.807, 2.05) is 0 Å². The van der Waals surface area contributed by atoms with Crippen molar-refractivity contribution in [3.8, 4) is 0 Å². The molecule has 0 bridgehead atoms. The first kappa shape index (κ1) is 14.2. The number of halogens is 2. The minimum Gasteiger partial charge on any atom is -0.384 e. The molecule has 7 heteroatoms. The van der Waals surface area contributed by atoms with E-state index >= 15 is 0 Å². The lowest BCUT2D eigenvalue weighted by molar-refractivity contribution is 0.598. The maximum Gasteiger partial charge on any atom is 0.261 e. The highest BCUT2D eigenvalue weighted by atomic mass is 35.5. The molecule has 0 atom stereocenters. The Kier molecular flexibility index (Phi) is 3.51. The molecule has 2 aromatic rings. The van der Waals surface area contributed by atoms with Crippen LogP contribution < -0.4 is 10.0 Å². The molecule has 0 unspecified atom stereocenters. The van der Waals surface area contributed by atoms with E-state index in [9.17, 15) is 12.8 Å². The number of rotatable bonds is 3. The zero-order valence-electron chi connectivity index (χ0n) is 10.9. The minimum absolute atomic E-state index is 0.101. The number of sulfonamides is 1. The average molecular weight is 327 g/mol. The van der Waals surface area contributed by atoms with Gasteiger partial charge in [-0.1, -0.05) is 17.7 Å². The fourth-order valence-electron chi connectivity index (χ4n) is 2.23. The Morgan fingerprint density at radius 1 is 1.24 bits per heavy atom. The van der Waals surface area contributed by atoms with E-state index in [1.54, 1.807) is 12.1 Å². The van der Waals surface area contributed by atoms with E-state index in [0.29, 0.717) is 0 Å². The molecule has 1 heterocycles. The summed E-state index contributed by atoms with van der Waals surface area (Å²) in [5.74, 6) is -0.787. The molecule has 1 aliphatic heterocycles. The molecule has 21 heavy (non-hydrogen) atoms. The second-order valence-corrected chi connectivity index (χ2v) is 6.79. The van der Waals surface area contributed by atoms with Crippen molar-refractivity contribution in [1.82, 2.24) is 0 Å². The fraction of sp³-hybridized carbons (Fsp3) is 0.143. The Labute approximate surface area is 127 Å². The third-order valence-electron chi connectivity index (χ3n) is 3.29. The molecule has 0 saturated carbocycles. The number of hydrogen-bond acceptors (Lipinski definition) is 3. The smallest absolute Gasteiger partial charge is 0.261 e. The first-order chi connectivity index (χ1) is 9.97. The second kappa shape index (κ2) is 5.20. The number of fused-ring (bicyclic) bond motifs is 1. The van der Waals surface area contributed by atoms with Crippen LogP contribution in [0.15, 0.2) is 41.3 Å². The maximum absolute atomic E-state index is 13.8. The van der Waals surface area contributed by atoms with Crippen LogP contribution in [0, 0.1) is 5.82 Å². The third-order valence-corrected chi connectivity index (χ3v) is 4.95. The molecule has 0 spiro atoms. The average Bonchev–Trinajstić information content (AvgIpc) is 2.91. The molecule has 0 saturated heterocycles. The van der Waals surface area contributed by atoms with Crippen molar-refractivity contribution in [2.24, 2.45) is 0 Å². The molecule has 1 aliphatic rings. The third kappa shape index (κ3) is 2.69. The van der Waals surface area contributed by atoms with Gasteiger partial charge in [0, 0.05) is 12.2 Å². The van der Waals surface area contributed by atoms with Gasteiger partial charge in [-0.3, -0.25) is 4.72 Å². The number of hydrogen-bond donors (Lipinski definition) is 2. The summed E-state index contributed by atoms with van der Waals surface area (Å²) >= 11 is 5.65. The zero-order valence-corrected chi connectivity index (χ0v) is 12.4. The summed E-state index contributed by atoms with van der Waals surface area (Å²) in [5.41, 5.74) is 1.70. The largest absolute Gasteiger partial charge is 0.384 e. The number of benzene rings is 2. The zero-order chi connectivity index (χ0) is 15.0. The lowest BCUT2D eigenvalue weighted by atomic mass is 10.2. The Hall–Kier alpha value is -1.79. The van der Waals surface area contributed by atoms with Crippen LogP contribution in [-0.2, 0) is 16.4 Å². The molecule has 2 aromatic carbocycles. The van der Waals surface area contributed by atoms with Gasteiger partial charge in [0.2, 0.25) is 0 Å². The molecule has 4 nitrogen and oxygen atoms in total. The number of anilines is 2. The van der Waals surface area contributed by atoms with E-state index in [0.717, 1.165) is 24.2 Å². The molecule has 0 aromatic heterocycles. The highest BCUT2D eigenvalue weighted by molar-refractivity contribution is 7.92. The first-order valence-electron chi connectivity index (χ1n) is 6.31. The lowest BCUT2D eigenvalue weighted by Gasteiger charge is -2.10. The minimum atomic E-state index is -3.85. The molecule has 0 fully saturated rings. The van der Waals surface area contributed by atoms with Crippen molar-refractivity contribution in [1.29, 1.82) is 0 Å². The van der Waals surface area contributed by atoms with Crippen molar-refractivity contribution in [2.75, 3.05) is 16.6 Å². The van der Waals surface area contributed by atoms with Gasteiger partial charge in [-0.25, -0.2) is 12.8 Å². The fourth-order valence-corrected chi connectivity index (χ4v) is 3.52. The highest BCUT2D eigenvalue weighted by Gasteiger charge is 2.20. The van der Waals surface area contributed by atoms with E-state index in [1.165, 1.54) is 24.3 Å². The standard InChI is InChI=1S/C14H12ClFN2O2S/c15-11-2-1-3-13(14(11)16)18-21(19,20)10-4-5-12-9(8-10)6-7-17-12/h1-5,8,17-18H,6-7H2. The van der Waals surface area contributed by atoms with Gasteiger partial charge in [0.15, 0.2) is 5.82 Å². The molecule has 110 valence electrons. The SMILES string of the molecule is O=S(=O)(Nc1cccc(Cl)c1F)c1ccc2c(c1)CCN2. The normalized spacial score (nSPS) is 13.6. The predicted molar refractivity (Wildman–Crippen MR) is 80.9 cm³/mol. The van der Waals surface area contributed by atoms with E-state index in [4.69, 9.17) is 11.6 Å². The Balaban J connectivity index is 1.96. The topological polar surface area (TPSA) is 58.2 Å². The van der Waals surface area contributed by atoms with E-state index in [-0.39, 0.29) is 15.6 Å². The van der Waals surface area contributed by atoms with Crippen molar-refractivity contribution in [3.63, 3.8) is 0 Å². The van der Waals surface area contributed by atoms with E-state index < -0.39 is 15.8 Å². The van der Waals surface area contributed by atoms with Gasteiger partial charge in [0.1, 0.15) is 0 Å². The van der Waals surface area contributed by atoms with Crippen molar-refractivity contribution in [2.45, 2.75) is 11.3 Å². The molecule has 2 N–H and O–H groups in total. The predicted octanol–water partition coefficient (Wildman–Crippen LogP) is 3.25. The van der Waals surface area contributed by atoms with Crippen molar-refractivity contribution >= 4 is 33.0 Å². The van der Waals surface area contributed by atoms with Crippen LogP contribution in [-0.4, -0.2) is 15.0 Å². The van der Waals surface area contributed by atoms with Crippen LogP contribution in [0.1, 0.15) is 5.56 Å². The summed E-state index contributed by atoms with van der Waals surface area (Å²) in [6, 6.07) is 8.96. The van der Waals surface area contributed by atoms with E-state index in [2.05, 4.69) is 10.0 Å². The summed E-state index contributed by atoms with van der Waals surface area (Å²) in [5, 5.41) is 3.02. The number of nitrogens with one attached hydrogen (secondary N) is 2. The van der Waals surface area contributed by atoms with Crippen LogP contribution in [0.4, 0.5) is 15.8 Å². The van der Waals surface area contributed by atoms with Crippen molar-refractivity contribution < 1.29 is 12.8 Å². The van der Waals surface area contributed by atoms with Crippen LogP contribution in [0.2, 0.25) is 5.02 Å². The summed E-state index contributed by atoms with van der Waals surface area (Å²) in [4.78, 5) is 0.101. The Bertz CT molecular complexity index is 809. The van der Waals surface area contributed by atoms with Gasteiger partial charge >= 0.3 is 0 Å². The van der Waals surface area contributed by atoms with Gasteiger partial charge < -0.3 is 5.32 Å². The molecular formula is C14H12ClFN2O2S. The second-order valence-electron chi connectivity index (χ2n) is 4.70. The first-order valence-corrected chi connectivity index (χ1v) is 8.17. The quantitative estimate of drug-likeness (QED) is 0.910. The van der Waals surface area contributed by atoms with Crippen molar-refractivity contribution in [3.05, 3.63) is 52.8 Å². The summed E-state index contributed by atoms with van der Waals surface area (Å²) in [6.45, 7) is 0.787. The van der Waals surface area contributed by atoms with Crippen LogP contribution in [0.3, 0.4) is 0 Å². The summed E-state index contributed by atoms with van der Waals surface area (Å²) in [6.07, 6.45) is 0.768. The Morgan fingerprint density at radius 3 is 2.86 bits per heavy atom. The Morgan fingerprint density at radius 2 is 2.05 bits per heavy atom. The van der Waals surface area contributed by atoms with Crippen LogP contribution in [0.5, 0.6) is 0 Å². The van der Waals surface area contributed by atoms with Gasteiger partial charge in [-0.15, -0.1) is 0 Å². The molecule has 0 radical (unpaired) electrons.